The Morgan fingerprint density at radius 3 is 2.58 bits per heavy atom. The zero-order valence-electron chi connectivity index (χ0n) is 11.1. The molecular formula is C14H19N5. The average molecular weight is 257 g/mol. The molecule has 1 aromatic carbocycles. The number of benzene rings is 1. The molecule has 5 nitrogen and oxygen atoms in total. The first kappa shape index (κ1) is 12.2. The summed E-state index contributed by atoms with van der Waals surface area (Å²) in [5.74, 6) is 1.63. The summed E-state index contributed by atoms with van der Waals surface area (Å²) in [4.78, 5) is 9.23. The van der Waals surface area contributed by atoms with Crippen LogP contribution in [0.5, 0.6) is 0 Å². The molecule has 0 amide bonds. The number of rotatable bonds is 4. The van der Waals surface area contributed by atoms with Gasteiger partial charge in [0.05, 0.1) is 11.0 Å². The van der Waals surface area contributed by atoms with Crippen LogP contribution in [0.4, 0.5) is 11.6 Å². The molecule has 1 saturated heterocycles. The number of fused-ring (bicyclic) bond motifs is 1. The molecule has 1 atom stereocenters. The molecule has 0 saturated carbocycles. The fraction of sp³-hybridized carbons (Fsp3) is 0.429. The van der Waals surface area contributed by atoms with Gasteiger partial charge in [-0.1, -0.05) is 12.1 Å². The van der Waals surface area contributed by atoms with Crippen molar-refractivity contribution in [2.45, 2.75) is 18.9 Å². The Bertz CT molecular complexity index is 563. The molecule has 0 spiro atoms. The first-order valence-electron chi connectivity index (χ1n) is 6.78. The third-order valence-electron chi connectivity index (χ3n) is 3.49. The van der Waals surface area contributed by atoms with Gasteiger partial charge in [0.25, 0.3) is 0 Å². The van der Waals surface area contributed by atoms with Gasteiger partial charge < -0.3 is 16.0 Å². The molecule has 0 unspecified atom stereocenters. The SMILES string of the molecule is CNc1nc2ccccc2nc1NC[C@H]1CCCN1. The van der Waals surface area contributed by atoms with Crippen molar-refractivity contribution in [1.29, 1.82) is 0 Å². The highest BCUT2D eigenvalue weighted by Gasteiger charge is 2.15. The molecule has 1 aliphatic heterocycles. The van der Waals surface area contributed by atoms with Crippen molar-refractivity contribution >= 4 is 22.7 Å². The fourth-order valence-corrected chi connectivity index (χ4v) is 2.45. The van der Waals surface area contributed by atoms with Crippen LogP contribution in [-0.2, 0) is 0 Å². The monoisotopic (exact) mass is 257 g/mol. The summed E-state index contributed by atoms with van der Waals surface area (Å²) in [5.41, 5.74) is 1.83. The van der Waals surface area contributed by atoms with Crippen molar-refractivity contribution in [3.63, 3.8) is 0 Å². The molecule has 3 N–H and O–H groups in total. The largest absolute Gasteiger partial charge is 0.370 e. The average Bonchev–Trinajstić information content (AvgIpc) is 2.97. The third-order valence-corrected chi connectivity index (χ3v) is 3.49. The summed E-state index contributed by atoms with van der Waals surface area (Å²) in [5, 5.41) is 9.98. The molecule has 100 valence electrons. The highest BCUT2D eigenvalue weighted by atomic mass is 15.1. The Hall–Kier alpha value is -1.88. The Labute approximate surface area is 112 Å². The molecule has 3 rings (SSSR count). The minimum Gasteiger partial charge on any atom is -0.370 e. The van der Waals surface area contributed by atoms with Gasteiger partial charge in [-0.3, -0.25) is 0 Å². The Morgan fingerprint density at radius 2 is 1.95 bits per heavy atom. The minimum absolute atomic E-state index is 0.540. The first-order chi connectivity index (χ1) is 9.36. The lowest BCUT2D eigenvalue weighted by molar-refractivity contribution is 0.632. The molecule has 1 aliphatic rings. The number of hydrogen-bond donors (Lipinski definition) is 3. The van der Waals surface area contributed by atoms with Gasteiger partial charge in [0.1, 0.15) is 0 Å². The Balaban J connectivity index is 1.83. The highest BCUT2D eigenvalue weighted by Crippen LogP contribution is 2.21. The van der Waals surface area contributed by atoms with Gasteiger partial charge in [-0.15, -0.1) is 0 Å². The van der Waals surface area contributed by atoms with Crippen molar-refractivity contribution in [2.75, 3.05) is 30.8 Å². The lowest BCUT2D eigenvalue weighted by Crippen LogP contribution is -2.29. The maximum atomic E-state index is 4.64. The number of anilines is 2. The quantitative estimate of drug-likeness (QED) is 0.780. The standard InChI is InChI=1S/C14H19N5/c1-15-13-14(17-9-10-5-4-8-16-10)19-12-7-3-2-6-11(12)18-13/h2-3,6-7,10,16H,4-5,8-9H2,1H3,(H,15,18)(H,17,19)/t10-/m1/s1. The lowest BCUT2D eigenvalue weighted by Gasteiger charge is -2.14. The Morgan fingerprint density at radius 1 is 1.21 bits per heavy atom. The zero-order valence-corrected chi connectivity index (χ0v) is 11.1. The van der Waals surface area contributed by atoms with E-state index in [0.717, 1.165) is 35.8 Å². The maximum absolute atomic E-state index is 4.64. The van der Waals surface area contributed by atoms with Gasteiger partial charge in [0.15, 0.2) is 11.6 Å². The van der Waals surface area contributed by atoms with Crippen molar-refractivity contribution < 1.29 is 0 Å². The van der Waals surface area contributed by atoms with E-state index in [-0.39, 0.29) is 0 Å². The van der Waals surface area contributed by atoms with Gasteiger partial charge in [0, 0.05) is 19.6 Å². The van der Waals surface area contributed by atoms with E-state index in [2.05, 4.69) is 25.9 Å². The van der Waals surface area contributed by atoms with Crippen LogP contribution in [0.25, 0.3) is 11.0 Å². The summed E-state index contributed by atoms with van der Waals surface area (Å²) in [6, 6.07) is 8.47. The molecule has 0 aliphatic carbocycles. The molecular weight excluding hydrogens is 238 g/mol. The second kappa shape index (κ2) is 5.40. The normalized spacial score (nSPS) is 18.7. The fourth-order valence-electron chi connectivity index (χ4n) is 2.45. The summed E-state index contributed by atoms with van der Waals surface area (Å²) in [6.45, 7) is 2.01. The highest BCUT2D eigenvalue weighted by molar-refractivity contribution is 5.80. The van der Waals surface area contributed by atoms with E-state index < -0.39 is 0 Å². The van der Waals surface area contributed by atoms with Crippen LogP contribution >= 0.6 is 0 Å². The molecule has 1 fully saturated rings. The number of para-hydroxylation sites is 2. The number of aromatic nitrogens is 2. The second-order valence-corrected chi connectivity index (χ2v) is 4.83. The number of nitrogens with zero attached hydrogens (tertiary/aromatic N) is 2. The molecule has 2 heterocycles. The molecule has 0 bridgehead atoms. The lowest BCUT2D eigenvalue weighted by atomic mass is 10.2. The van der Waals surface area contributed by atoms with Crippen LogP contribution < -0.4 is 16.0 Å². The molecule has 2 aromatic rings. The van der Waals surface area contributed by atoms with E-state index in [1.54, 1.807) is 0 Å². The van der Waals surface area contributed by atoms with Crippen LogP contribution in [0, 0.1) is 0 Å². The van der Waals surface area contributed by atoms with Crippen LogP contribution in [0.15, 0.2) is 24.3 Å². The third kappa shape index (κ3) is 2.61. The minimum atomic E-state index is 0.540. The summed E-state index contributed by atoms with van der Waals surface area (Å²) in [6.07, 6.45) is 2.48. The smallest absolute Gasteiger partial charge is 0.169 e. The molecule has 0 radical (unpaired) electrons. The second-order valence-electron chi connectivity index (χ2n) is 4.83. The topological polar surface area (TPSA) is 61.9 Å². The predicted molar refractivity (Wildman–Crippen MR) is 78.6 cm³/mol. The van der Waals surface area contributed by atoms with Crippen molar-refractivity contribution in [3.8, 4) is 0 Å². The summed E-state index contributed by atoms with van der Waals surface area (Å²) < 4.78 is 0. The molecule has 19 heavy (non-hydrogen) atoms. The van der Waals surface area contributed by atoms with Gasteiger partial charge in [0.2, 0.25) is 0 Å². The van der Waals surface area contributed by atoms with E-state index in [1.165, 1.54) is 12.8 Å². The van der Waals surface area contributed by atoms with Crippen LogP contribution in [0.2, 0.25) is 0 Å². The van der Waals surface area contributed by atoms with E-state index in [0.29, 0.717) is 6.04 Å². The van der Waals surface area contributed by atoms with Gasteiger partial charge in [-0.25, -0.2) is 9.97 Å². The van der Waals surface area contributed by atoms with E-state index >= 15 is 0 Å². The molecule has 5 heteroatoms. The summed E-state index contributed by atoms with van der Waals surface area (Å²) >= 11 is 0. The maximum Gasteiger partial charge on any atom is 0.169 e. The van der Waals surface area contributed by atoms with Crippen LogP contribution in [0.1, 0.15) is 12.8 Å². The van der Waals surface area contributed by atoms with Crippen molar-refractivity contribution in [1.82, 2.24) is 15.3 Å². The zero-order chi connectivity index (χ0) is 13.1. The van der Waals surface area contributed by atoms with Gasteiger partial charge in [-0.2, -0.15) is 0 Å². The Kier molecular flexibility index (Phi) is 3.46. The first-order valence-corrected chi connectivity index (χ1v) is 6.78. The predicted octanol–water partition coefficient (Wildman–Crippen LogP) is 1.84. The van der Waals surface area contributed by atoms with Gasteiger partial charge >= 0.3 is 0 Å². The van der Waals surface area contributed by atoms with E-state index in [9.17, 15) is 0 Å². The van der Waals surface area contributed by atoms with Crippen LogP contribution in [-0.4, -0.2) is 36.1 Å². The summed E-state index contributed by atoms with van der Waals surface area (Å²) in [7, 11) is 1.87. The van der Waals surface area contributed by atoms with E-state index in [4.69, 9.17) is 0 Å². The van der Waals surface area contributed by atoms with Crippen molar-refractivity contribution in [3.05, 3.63) is 24.3 Å². The molecule has 1 aromatic heterocycles. The van der Waals surface area contributed by atoms with Gasteiger partial charge in [-0.05, 0) is 31.5 Å². The van der Waals surface area contributed by atoms with E-state index in [1.807, 2.05) is 31.3 Å². The van der Waals surface area contributed by atoms with Crippen molar-refractivity contribution in [2.24, 2.45) is 0 Å². The number of nitrogens with one attached hydrogen (secondary N) is 3. The van der Waals surface area contributed by atoms with Crippen LogP contribution in [0.3, 0.4) is 0 Å². The number of hydrogen-bond acceptors (Lipinski definition) is 5.